The molecule has 0 aliphatic carbocycles. The molecule has 0 N–H and O–H groups in total. The van der Waals surface area contributed by atoms with E-state index in [0.717, 1.165) is 39.6 Å². The van der Waals surface area contributed by atoms with Crippen molar-refractivity contribution < 1.29 is 18.6 Å². The Labute approximate surface area is 186 Å². The first kappa shape index (κ1) is 18.6. The van der Waals surface area contributed by atoms with E-state index in [9.17, 15) is 0 Å². The number of hydrogen-bond donors (Lipinski definition) is 0. The molecular formula is C28H22N2O2+2. The van der Waals surface area contributed by atoms with Crippen molar-refractivity contribution in [1.29, 1.82) is 0 Å². The van der Waals surface area contributed by atoms with Gasteiger partial charge in [0.2, 0.25) is 11.4 Å². The lowest BCUT2D eigenvalue weighted by Crippen LogP contribution is -2.61. The molecule has 0 saturated carbocycles. The highest BCUT2D eigenvalue weighted by Gasteiger charge is 2.66. The van der Waals surface area contributed by atoms with E-state index in [4.69, 9.17) is 9.47 Å². The van der Waals surface area contributed by atoms with Gasteiger partial charge in [0.05, 0.1) is 11.1 Å². The normalized spacial score (nSPS) is 18.5. The van der Waals surface area contributed by atoms with Crippen molar-refractivity contribution in [3.05, 3.63) is 120 Å². The molecule has 4 nitrogen and oxygen atoms in total. The van der Waals surface area contributed by atoms with Crippen LogP contribution in [0, 0.1) is 6.92 Å². The van der Waals surface area contributed by atoms with E-state index < -0.39 is 6.03 Å². The summed E-state index contributed by atoms with van der Waals surface area (Å²) in [6, 6.07) is 33.3. The highest BCUT2D eigenvalue weighted by atomic mass is 16.7. The average molecular weight is 418 g/mol. The van der Waals surface area contributed by atoms with Gasteiger partial charge in [0.1, 0.15) is 0 Å². The molecule has 4 heteroatoms. The van der Waals surface area contributed by atoms with Crippen LogP contribution in [0.3, 0.4) is 0 Å². The molecule has 0 aromatic heterocycles. The van der Waals surface area contributed by atoms with E-state index in [1.165, 1.54) is 0 Å². The van der Waals surface area contributed by atoms with Crippen molar-refractivity contribution in [2.45, 2.75) is 13.0 Å². The molecular weight excluding hydrogens is 396 g/mol. The van der Waals surface area contributed by atoms with Gasteiger partial charge in [-0.05, 0) is 30.7 Å². The fraction of sp³-hybridized carbons (Fsp3) is 0.0714. The van der Waals surface area contributed by atoms with Crippen LogP contribution < -0.4 is 9.47 Å². The van der Waals surface area contributed by atoms with Crippen LogP contribution in [0.1, 0.15) is 16.7 Å². The van der Waals surface area contributed by atoms with Crippen LogP contribution in [0.15, 0.2) is 103 Å². The lowest BCUT2D eigenvalue weighted by molar-refractivity contribution is -0.855. The van der Waals surface area contributed by atoms with Crippen molar-refractivity contribution in [2.24, 2.45) is 0 Å². The molecule has 1 atom stereocenters. The van der Waals surface area contributed by atoms with Gasteiger partial charge in [0.15, 0.2) is 23.9 Å². The molecule has 6 rings (SSSR count). The van der Waals surface area contributed by atoms with E-state index in [0.29, 0.717) is 0 Å². The summed E-state index contributed by atoms with van der Waals surface area (Å²) in [6.07, 6.45) is 4.21. The van der Waals surface area contributed by atoms with E-state index in [2.05, 4.69) is 71.0 Å². The molecule has 2 aliphatic rings. The smallest absolute Gasteiger partial charge is 0.340 e. The average Bonchev–Trinajstić information content (AvgIpc) is 2.85. The van der Waals surface area contributed by atoms with Crippen LogP contribution >= 0.6 is 0 Å². The Morgan fingerprint density at radius 3 is 1.81 bits per heavy atom. The van der Waals surface area contributed by atoms with Gasteiger partial charge in [0.25, 0.3) is 0 Å². The Morgan fingerprint density at radius 1 is 0.562 bits per heavy atom. The summed E-state index contributed by atoms with van der Waals surface area (Å²) in [6.45, 7) is 2.06. The quantitative estimate of drug-likeness (QED) is 0.395. The number of para-hydroxylation sites is 4. The summed E-state index contributed by atoms with van der Waals surface area (Å²) >= 11 is 0. The first-order chi connectivity index (χ1) is 15.7. The Hall–Kier alpha value is -4.18. The predicted octanol–water partition coefficient (Wildman–Crippen LogP) is 5.62. The van der Waals surface area contributed by atoms with Crippen LogP contribution in [0.2, 0.25) is 0 Å². The Bertz CT molecular complexity index is 1380. The van der Waals surface area contributed by atoms with Crippen LogP contribution in [0.5, 0.6) is 11.5 Å². The Kier molecular flexibility index (Phi) is 4.18. The molecule has 154 valence electrons. The Morgan fingerprint density at radius 2 is 1.12 bits per heavy atom. The number of benzene rings is 4. The zero-order valence-corrected chi connectivity index (χ0v) is 17.7. The zero-order chi connectivity index (χ0) is 21.5. The number of nitrogens with zero attached hydrogens (tertiary/aromatic N) is 2. The molecule has 2 aliphatic heterocycles. The van der Waals surface area contributed by atoms with Crippen molar-refractivity contribution >= 4 is 23.8 Å². The summed E-state index contributed by atoms with van der Waals surface area (Å²) in [4.78, 5) is 0. The maximum atomic E-state index is 6.85. The second kappa shape index (κ2) is 7.20. The van der Waals surface area contributed by atoms with Crippen molar-refractivity contribution in [2.75, 3.05) is 0 Å². The van der Waals surface area contributed by atoms with E-state index in [1.807, 2.05) is 60.7 Å². The van der Waals surface area contributed by atoms with Crippen LogP contribution in [0.4, 0.5) is 11.4 Å². The molecule has 4 aromatic carbocycles. The molecule has 2 heterocycles. The number of ether oxygens (including phenoxy) is 2. The van der Waals surface area contributed by atoms with Gasteiger partial charge in [0, 0.05) is 24.3 Å². The molecule has 0 bridgehead atoms. The fourth-order valence-corrected chi connectivity index (χ4v) is 4.30. The van der Waals surface area contributed by atoms with Crippen LogP contribution in [0.25, 0.3) is 0 Å². The summed E-state index contributed by atoms with van der Waals surface area (Å²) in [5.41, 5.74) is 4.99. The lowest BCUT2D eigenvalue weighted by atomic mass is 10.1. The highest BCUT2D eigenvalue weighted by molar-refractivity contribution is 5.84. The number of aryl methyl sites for hydroxylation is 1. The maximum absolute atomic E-state index is 6.85. The zero-order valence-electron chi connectivity index (χ0n) is 17.7. The standard InChI is InChI=1S/C28H22N2O2/c1-21-11-10-13-23-20-30(25-16-6-3-7-17-25)28(32-27(21)23)29(24-14-4-2-5-15-24)19-22-12-8-9-18-26(22)31-28/h2-20H,1H3/q+2/t28-/m1/s1. The minimum Gasteiger partial charge on any atom is -0.340 e. The summed E-state index contributed by atoms with van der Waals surface area (Å²) < 4.78 is 17.8. The third-order valence-corrected chi connectivity index (χ3v) is 5.85. The number of hydrogen-bond acceptors (Lipinski definition) is 2. The number of rotatable bonds is 2. The largest absolute Gasteiger partial charge is 0.714 e. The molecule has 0 fully saturated rings. The molecule has 0 amide bonds. The molecule has 0 saturated heterocycles. The second-order valence-corrected chi connectivity index (χ2v) is 7.95. The fourth-order valence-electron chi connectivity index (χ4n) is 4.30. The van der Waals surface area contributed by atoms with E-state index >= 15 is 0 Å². The first-order valence-corrected chi connectivity index (χ1v) is 10.7. The van der Waals surface area contributed by atoms with Gasteiger partial charge < -0.3 is 9.47 Å². The third kappa shape index (κ3) is 2.84. The van der Waals surface area contributed by atoms with Gasteiger partial charge in [-0.3, -0.25) is 0 Å². The Balaban J connectivity index is 1.67. The maximum Gasteiger partial charge on any atom is 0.714 e. The minimum atomic E-state index is -1.27. The van der Waals surface area contributed by atoms with Crippen molar-refractivity contribution in [3.63, 3.8) is 0 Å². The molecule has 1 spiro atoms. The van der Waals surface area contributed by atoms with Gasteiger partial charge in [-0.25, -0.2) is 0 Å². The van der Waals surface area contributed by atoms with Crippen molar-refractivity contribution in [1.82, 2.24) is 0 Å². The predicted molar refractivity (Wildman–Crippen MR) is 125 cm³/mol. The minimum absolute atomic E-state index is 0.769. The van der Waals surface area contributed by atoms with Gasteiger partial charge >= 0.3 is 6.03 Å². The SMILES string of the molecule is Cc1cccc2c1O[C@@]1(Oc3ccccc3C=[N+]1c1ccccc1)[N+](c1ccccc1)=C2. The lowest BCUT2D eigenvalue weighted by Gasteiger charge is -2.31. The summed E-state index contributed by atoms with van der Waals surface area (Å²) in [5.74, 6) is 1.58. The first-order valence-electron chi connectivity index (χ1n) is 10.7. The van der Waals surface area contributed by atoms with Gasteiger partial charge in [-0.2, -0.15) is 0 Å². The molecule has 32 heavy (non-hydrogen) atoms. The molecule has 0 radical (unpaired) electrons. The molecule has 0 unspecified atom stereocenters. The topological polar surface area (TPSA) is 24.5 Å². The summed E-state index contributed by atoms with van der Waals surface area (Å²) in [7, 11) is 0. The van der Waals surface area contributed by atoms with Gasteiger partial charge in [-0.15, -0.1) is 0 Å². The van der Waals surface area contributed by atoms with E-state index in [1.54, 1.807) is 0 Å². The van der Waals surface area contributed by atoms with Gasteiger partial charge in [-0.1, -0.05) is 69.8 Å². The van der Waals surface area contributed by atoms with Crippen LogP contribution in [-0.4, -0.2) is 27.6 Å². The van der Waals surface area contributed by atoms with Crippen LogP contribution in [-0.2, 0) is 0 Å². The second-order valence-electron chi connectivity index (χ2n) is 7.95. The molecule has 4 aromatic rings. The highest BCUT2D eigenvalue weighted by Crippen LogP contribution is 2.41. The third-order valence-electron chi connectivity index (χ3n) is 5.85. The van der Waals surface area contributed by atoms with Crippen molar-refractivity contribution in [3.8, 4) is 11.5 Å². The monoisotopic (exact) mass is 418 g/mol. The summed E-state index contributed by atoms with van der Waals surface area (Å²) in [5, 5.41) is 0. The van der Waals surface area contributed by atoms with E-state index in [-0.39, 0.29) is 0 Å². The number of fused-ring (bicyclic) bond motifs is 2.